The first kappa shape index (κ1) is 18.5. The van der Waals surface area contributed by atoms with Crippen LogP contribution < -0.4 is 25.8 Å². The summed E-state index contributed by atoms with van der Waals surface area (Å²) in [5, 5.41) is 5.44. The number of nitrogen functional groups attached to an aromatic ring is 1. The third-order valence-electron chi connectivity index (χ3n) is 4.02. The SMILES string of the molecule is Nc1cc(Nc2cc(F)cc(F)c2)nc(C(=O)Nc2ccc3c(c2)OCCO3)c1. The minimum Gasteiger partial charge on any atom is -0.486 e. The molecule has 29 heavy (non-hydrogen) atoms. The van der Waals surface area contributed by atoms with Gasteiger partial charge in [-0.25, -0.2) is 13.8 Å². The normalized spacial score (nSPS) is 12.3. The lowest BCUT2D eigenvalue weighted by atomic mass is 10.2. The van der Waals surface area contributed by atoms with Crippen LogP contribution >= 0.6 is 0 Å². The van der Waals surface area contributed by atoms with Gasteiger partial charge in [0.2, 0.25) is 0 Å². The zero-order chi connectivity index (χ0) is 20.4. The van der Waals surface area contributed by atoms with E-state index in [-0.39, 0.29) is 22.9 Å². The number of nitrogens with zero attached hydrogens (tertiary/aromatic N) is 1. The van der Waals surface area contributed by atoms with Crippen molar-refractivity contribution in [3.05, 3.63) is 65.9 Å². The van der Waals surface area contributed by atoms with Gasteiger partial charge in [0.25, 0.3) is 5.91 Å². The standard InChI is InChI=1S/C20H16F2N4O3/c21-11-5-12(22)7-15(6-11)24-19-9-13(23)8-16(26-19)20(27)25-14-1-2-17-18(10-14)29-4-3-28-17/h1-2,5-10H,3-4H2,(H,25,27)(H3,23,24,26). The zero-order valence-electron chi connectivity index (χ0n) is 15.0. The number of anilines is 4. The molecule has 2 aromatic carbocycles. The lowest BCUT2D eigenvalue weighted by Gasteiger charge is -2.19. The molecule has 4 rings (SSSR count). The quantitative estimate of drug-likeness (QED) is 0.620. The van der Waals surface area contributed by atoms with Crippen molar-refractivity contribution < 1.29 is 23.0 Å². The first-order valence-corrected chi connectivity index (χ1v) is 8.68. The first-order chi connectivity index (χ1) is 14.0. The second kappa shape index (κ2) is 7.63. The van der Waals surface area contributed by atoms with Gasteiger partial charge in [0.15, 0.2) is 11.5 Å². The predicted molar refractivity (Wildman–Crippen MR) is 104 cm³/mol. The molecule has 0 spiro atoms. The molecule has 148 valence electrons. The fraction of sp³-hybridized carbons (Fsp3) is 0.100. The molecule has 1 amide bonds. The Hall–Kier alpha value is -3.88. The lowest BCUT2D eigenvalue weighted by Crippen LogP contribution is -2.17. The van der Waals surface area contributed by atoms with E-state index in [0.717, 1.165) is 18.2 Å². The maximum absolute atomic E-state index is 13.4. The molecule has 1 aromatic heterocycles. The van der Waals surface area contributed by atoms with Crippen molar-refractivity contribution in [3.8, 4) is 11.5 Å². The molecule has 4 N–H and O–H groups in total. The Labute approximate surface area is 164 Å². The van der Waals surface area contributed by atoms with Crippen molar-refractivity contribution >= 4 is 28.8 Å². The number of nitrogens with two attached hydrogens (primary N) is 1. The summed E-state index contributed by atoms with van der Waals surface area (Å²) in [5.41, 5.74) is 6.76. The topological polar surface area (TPSA) is 98.5 Å². The van der Waals surface area contributed by atoms with E-state index in [0.29, 0.717) is 30.4 Å². The van der Waals surface area contributed by atoms with Crippen molar-refractivity contribution in [1.82, 2.24) is 4.98 Å². The summed E-state index contributed by atoms with van der Waals surface area (Å²) in [6, 6.07) is 10.8. The molecule has 0 unspecified atom stereocenters. The minimum atomic E-state index is -0.743. The smallest absolute Gasteiger partial charge is 0.274 e. The molecule has 0 saturated heterocycles. The highest BCUT2D eigenvalue weighted by atomic mass is 19.1. The number of carbonyl (C=O) groups is 1. The average molecular weight is 398 g/mol. The third-order valence-corrected chi connectivity index (χ3v) is 4.02. The van der Waals surface area contributed by atoms with Gasteiger partial charge in [0.1, 0.15) is 36.4 Å². The van der Waals surface area contributed by atoms with E-state index in [4.69, 9.17) is 15.2 Å². The zero-order valence-corrected chi connectivity index (χ0v) is 15.0. The van der Waals surface area contributed by atoms with Crippen molar-refractivity contribution in [3.63, 3.8) is 0 Å². The Morgan fingerprint density at radius 1 is 0.931 bits per heavy atom. The number of amides is 1. The number of hydrogen-bond acceptors (Lipinski definition) is 6. The number of hydrogen-bond donors (Lipinski definition) is 3. The van der Waals surface area contributed by atoms with Crippen molar-refractivity contribution in [2.24, 2.45) is 0 Å². The molecular formula is C20H16F2N4O3. The van der Waals surface area contributed by atoms with E-state index in [9.17, 15) is 13.6 Å². The van der Waals surface area contributed by atoms with Crippen LogP contribution in [0.1, 0.15) is 10.5 Å². The number of ether oxygens (including phenoxy) is 2. The van der Waals surface area contributed by atoms with E-state index in [1.165, 1.54) is 12.1 Å². The second-order valence-electron chi connectivity index (χ2n) is 6.27. The van der Waals surface area contributed by atoms with Crippen LogP contribution in [-0.2, 0) is 0 Å². The number of aromatic nitrogens is 1. The molecular weight excluding hydrogens is 382 g/mol. The Balaban J connectivity index is 1.54. The summed E-state index contributed by atoms with van der Waals surface area (Å²) in [6.07, 6.45) is 0. The van der Waals surface area contributed by atoms with E-state index >= 15 is 0 Å². The molecule has 3 aromatic rings. The van der Waals surface area contributed by atoms with Gasteiger partial charge < -0.3 is 25.8 Å². The highest BCUT2D eigenvalue weighted by molar-refractivity contribution is 6.03. The largest absolute Gasteiger partial charge is 0.486 e. The minimum absolute atomic E-state index is 0.0271. The van der Waals surface area contributed by atoms with E-state index in [2.05, 4.69) is 15.6 Å². The molecule has 0 atom stereocenters. The van der Waals surface area contributed by atoms with E-state index in [1.54, 1.807) is 18.2 Å². The summed E-state index contributed by atoms with van der Waals surface area (Å²) in [7, 11) is 0. The van der Waals surface area contributed by atoms with Gasteiger partial charge in [0.05, 0.1) is 0 Å². The summed E-state index contributed by atoms with van der Waals surface area (Å²) in [5.74, 6) is -0.694. The Morgan fingerprint density at radius 3 is 2.41 bits per heavy atom. The highest BCUT2D eigenvalue weighted by Gasteiger charge is 2.15. The van der Waals surface area contributed by atoms with Gasteiger partial charge in [0, 0.05) is 35.3 Å². The molecule has 7 nitrogen and oxygen atoms in total. The van der Waals surface area contributed by atoms with Crippen LogP contribution in [0.3, 0.4) is 0 Å². The molecule has 1 aliphatic rings. The fourth-order valence-corrected chi connectivity index (χ4v) is 2.82. The highest BCUT2D eigenvalue weighted by Crippen LogP contribution is 2.32. The number of pyridine rings is 1. The molecule has 1 aliphatic heterocycles. The molecule has 0 aliphatic carbocycles. The monoisotopic (exact) mass is 398 g/mol. The van der Waals surface area contributed by atoms with Crippen molar-refractivity contribution in [2.45, 2.75) is 0 Å². The van der Waals surface area contributed by atoms with Crippen LogP contribution in [0.15, 0.2) is 48.5 Å². The summed E-state index contributed by atoms with van der Waals surface area (Å²) < 4.78 is 37.7. The molecule has 0 bridgehead atoms. The van der Waals surface area contributed by atoms with E-state index in [1.807, 2.05) is 0 Å². The van der Waals surface area contributed by atoms with Crippen LogP contribution in [0, 0.1) is 11.6 Å². The molecule has 9 heteroatoms. The van der Waals surface area contributed by atoms with Gasteiger partial charge in [-0.1, -0.05) is 0 Å². The van der Waals surface area contributed by atoms with Gasteiger partial charge in [-0.05, 0) is 30.3 Å². The van der Waals surface area contributed by atoms with Gasteiger partial charge >= 0.3 is 0 Å². The third kappa shape index (κ3) is 4.34. The first-order valence-electron chi connectivity index (χ1n) is 8.68. The van der Waals surface area contributed by atoms with Gasteiger partial charge in [-0.2, -0.15) is 0 Å². The predicted octanol–water partition coefficient (Wildman–Crippen LogP) is 3.71. The van der Waals surface area contributed by atoms with Gasteiger partial charge in [-0.15, -0.1) is 0 Å². The Morgan fingerprint density at radius 2 is 1.66 bits per heavy atom. The van der Waals surface area contributed by atoms with Crippen LogP contribution in [0.25, 0.3) is 0 Å². The summed E-state index contributed by atoms with van der Waals surface area (Å²) in [6.45, 7) is 0.897. The Kier molecular flexibility index (Phi) is 4.86. The number of halogens is 2. The van der Waals surface area contributed by atoms with Crippen LogP contribution in [0.2, 0.25) is 0 Å². The number of carbonyl (C=O) groups excluding carboxylic acids is 1. The molecule has 2 heterocycles. The average Bonchev–Trinajstić information content (AvgIpc) is 2.66. The van der Waals surface area contributed by atoms with Crippen molar-refractivity contribution in [2.75, 3.05) is 29.6 Å². The van der Waals surface area contributed by atoms with E-state index < -0.39 is 17.5 Å². The Bertz CT molecular complexity index is 1070. The molecule has 0 fully saturated rings. The van der Waals surface area contributed by atoms with Crippen LogP contribution in [-0.4, -0.2) is 24.1 Å². The number of nitrogens with one attached hydrogen (secondary N) is 2. The lowest BCUT2D eigenvalue weighted by molar-refractivity contribution is 0.102. The van der Waals surface area contributed by atoms with Crippen LogP contribution in [0.5, 0.6) is 11.5 Å². The number of benzene rings is 2. The molecule has 0 radical (unpaired) electrons. The van der Waals surface area contributed by atoms with Crippen molar-refractivity contribution in [1.29, 1.82) is 0 Å². The number of rotatable bonds is 4. The maximum atomic E-state index is 13.4. The summed E-state index contributed by atoms with van der Waals surface area (Å²) >= 11 is 0. The second-order valence-corrected chi connectivity index (χ2v) is 6.27. The number of fused-ring (bicyclic) bond motifs is 1. The molecule has 0 saturated carbocycles. The maximum Gasteiger partial charge on any atom is 0.274 e. The summed E-state index contributed by atoms with van der Waals surface area (Å²) in [4.78, 5) is 16.8. The fourth-order valence-electron chi connectivity index (χ4n) is 2.82. The van der Waals surface area contributed by atoms with Crippen LogP contribution in [0.4, 0.5) is 31.7 Å². The van der Waals surface area contributed by atoms with Gasteiger partial charge in [-0.3, -0.25) is 4.79 Å².